The Morgan fingerprint density at radius 1 is 1.16 bits per heavy atom. The second-order valence-electron chi connectivity index (χ2n) is 9.11. The number of aryl methyl sites for hydroxylation is 1. The van der Waals surface area contributed by atoms with Crippen molar-refractivity contribution in [1.82, 2.24) is 19.9 Å². The van der Waals surface area contributed by atoms with E-state index in [4.69, 9.17) is 11.6 Å². The molecule has 1 aliphatic heterocycles. The number of hydrogen-bond acceptors (Lipinski definition) is 6. The highest BCUT2D eigenvalue weighted by Crippen LogP contribution is 2.30. The molecule has 0 saturated carbocycles. The summed E-state index contributed by atoms with van der Waals surface area (Å²) >= 11 is 6.52. The Hall–Kier alpha value is -3.46. The maximum absolute atomic E-state index is 13.5. The number of pyridine rings is 1. The van der Waals surface area contributed by atoms with Crippen molar-refractivity contribution in [3.63, 3.8) is 0 Å². The number of nitrogens with one attached hydrogen (secondary N) is 2. The molecule has 0 bridgehead atoms. The summed E-state index contributed by atoms with van der Waals surface area (Å²) < 4.78 is 13.9. The van der Waals surface area contributed by atoms with E-state index in [-0.39, 0.29) is 5.56 Å². The van der Waals surface area contributed by atoms with E-state index in [9.17, 15) is 9.00 Å². The largest absolute Gasteiger partial charge is 0.324 e. The van der Waals surface area contributed by atoms with Crippen molar-refractivity contribution in [3.05, 3.63) is 81.7 Å². The molecular weight excluding hydrogens is 506 g/mol. The average Bonchev–Trinajstić information content (AvgIpc) is 2.89. The molecule has 5 rings (SSSR count). The van der Waals surface area contributed by atoms with Gasteiger partial charge in [0.1, 0.15) is 5.65 Å². The van der Waals surface area contributed by atoms with Gasteiger partial charge in [-0.15, -0.1) is 0 Å². The van der Waals surface area contributed by atoms with E-state index in [1.54, 1.807) is 41.3 Å². The summed E-state index contributed by atoms with van der Waals surface area (Å²) in [5, 5.41) is 7.64. The van der Waals surface area contributed by atoms with Gasteiger partial charge in [-0.2, -0.15) is 4.98 Å². The van der Waals surface area contributed by atoms with Crippen LogP contribution in [0.2, 0.25) is 5.02 Å². The van der Waals surface area contributed by atoms with Gasteiger partial charge in [-0.3, -0.25) is 13.6 Å². The molecule has 37 heavy (non-hydrogen) atoms. The molecule has 0 saturated heterocycles. The van der Waals surface area contributed by atoms with Crippen LogP contribution in [0, 0.1) is 0 Å². The maximum atomic E-state index is 13.5. The second kappa shape index (κ2) is 10.1. The van der Waals surface area contributed by atoms with Gasteiger partial charge in [-0.05, 0) is 76.7 Å². The first-order valence-corrected chi connectivity index (χ1v) is 14.6. The molecule has 1 atom stereocenters. The summed E-state index contributed by atoms with van der Waals surface area (Å²) in [6.07, 6.45) is 6.50. The Kier molecular flexibility index (Phi) is 6.90. The van der Waals surface area contributed by atoms with Crippen LogP contribution in [0.25, 0.3) is 27.7 Å². The second-order valence-corrected chi connectivity index (χ2v) is 12.0. The summed E-state index contributed by atoms with van der Waals surface area (Å²) in [5.41, 5.74) is 4.75. The molecule has 7 nitrogen and oxygen atoms in total. The van der Waals surface area contributed by atoms with Gasteiger partial charge in [0.2, 0.25) is 5.95 Å². The fourth-order valence-electron chi connectivity index (χ4n) is 4.47. The van der Waals surface area contributed by atoms with Crippen molar-refractivity contribution in [2.24, 2.45) is 0 Å². The van der Waals surface area contributed by atoms with Crippen LogP contribution in [-0.4, -0.2) is 44.0 Å². The van der Waals surface area contributed by atoms with Crippen molar-refractivity contribution in [3.8, 4) is 11.1 Å². The van der Waals surface area contributed by atoms with E-state index in [1.807, 2.05) is 19.1 Å². The van der Waals surface area contributed by atoms with Gasteiger partial charge < -0.3 is 10.6 Å². The number of nitrogens with zero attached hydrogens (tertiary/aromatic N) is 3. The molecule has 1 aliphatic rings. The standard InChI is InChI=1S/C28H28ClN5O2S/c1-4-34-26-20(15-24(27(34)35)23-10-9-22(16-25(23)29)37(2,3)36)17-31-28(33-26)32-21-7-5-18(6-8-21)19-11-13-30-14-12-19/h5-11,15-17,30H,2,4,12-14H2,1,3H3,(H,31,32,33). The molecule has 4 aromatic rings. The Bertz CT molecular complexity index is 1690. The fraction of sp³-hybridized carbons (Fsp3) is 0.214. The molecule has 9 heteroatoms. The number of anilines is 2. The third-order valence-electron chi connectivity index (χ3n) is 6.45. The normalized spacial score (nSPS) is 15.3. The first kappa shape index (κ1) is 25.2. The predicted molar refractivity (Wildman–Crippen MR) is 155 cm³/mol. The molecule has 0 amide bonds. The number of fused-ring (bicyclic) bond motifs is 1. The lowest BCUT2D eigenvalue weighted by Crippen LogP contribution is -2.22. The van der Waals surface area contributed by atoms with E-state index < -0.39 is 9.52 Å². The first-order chi connectivity index (χ1) is 17.7. The predicted octanol–water partition coefficient (Wildman–Crippen LogP) is 4.96. The Balaban J connectivity index is 1.49. The smallest absolute Gasteiger partial charge is 0.260 e. The van der Waals surface area contributed by atoms with Crippen LogP contribution in [-0.2, 0) is 16.1 Å². The SMILES string of the molecule is C=S(C)(=O)c1ccc(-c2cc3cnc(Nc4ccc(C5=CCNCC5)cc4)nc3n(CC)c2=O)c(Cl)c1. The molecule has 2 aromatic carbocycles. The van der Waals surface area contributed by atoms with Gasteiger partial charge in [0, 0.05) is 57.7 Å². The third kappa shape index (κ3) is 5.18. The quantitative estimate of drug-likeness (QED) is 0.341. The van der Waals surface area contributed by atoms with Gasteiger partial charge in [0.15, 0.2) is 0 Å². The van der Waals surface area contributed by atoms with Crippen molar-refractivity contribution in [2.75, 3.05) is 24.7 Å². The molecule has 2 aromatic heterocycles. The highest BCUT2D eigenvalue weighted by atomic mass is 35.5. The van der Waals surface area contributed by atoms with Crippen molar-refractivity contribution in [2.45, 2.75) is 24.8 Å². The molecule has 0 fully saturated rings. The number of benzene rings is 2. The van der Waals surface area contributed by atoms with Crippen LogP contribution in [0.15, 0.2) is 70.5 Å². The zero-order valence-corrected chi connectivity index (χ0v) is 22.3. The Labute approximate surface area is 221 Å². The lowest BCUT2D eigenvalue weighted by Gasteiger charge is -2.15. The number of hydrogen-bond donors (Lipinski definition) is 2. The van der Waals surface area contributed by atoms with Crippen molar-refractivity contribution >= 4 is 55.2 Å². The first-order valence-electron chi connectivity index (χ1n) is 12.0. The molecule has 2 N–H and O–H groups in total. The Morgan fingerprint density at radius 3 is 2.59 bits per heavy atom. The van der Waals surface area contributed by atoms with Crippen molar-refractivity contribution < 1.29 is 4.21 Å². The molecule has 1 unspecified atom stereocenters. The van der Waals surface area contributed by atoms with E-state index >= 15 is 0 Å². The minimum absolute atomic E-state index is 0.208. The zero-order chi connectivity index (χ0) is 26.2. The number of halogens is 1. The van der Waals surface area contributed by atoms with Crippen LogP contribution in [0.1, 0.15) is 18.9 Å². The molecule has 0 radical (unpaired) electrons. The van der Waals surface area contributed by atoms with Crippen LogP contribution in [0.4, 0.5) is 11.6 Å². The minimum atomic E-state index is -2.42. The topological polar surface area (TPSA) is 88.9 Å². The van der Waals surface area contributed by atoms with Gasteiger partial charge >= 0.3 is 0 Å². The highest BCUT2D eigenvalue weighted by Gasteiger charge is 2.16. The van der Waals surface area contributed by atoms with Gasteiger partial charge in [-0.1, -0.05) is 35.9 Å². The monoisotopic (exact) mass is 533 g/mol. The summed E-state index contributed by atoms with van der Waals surface area (Å²) in [6.45, 7) is 4.21. The van der Waals surface area contributed by atoms with Crippen LogP contribution in [0.3, 0.4) is 0 Å². The molecule has 0 spiro atoms. The van der Waals surface area contributed by atoms with Crippen molar-refractivity contribution in [1.29, 1.82) is 0 Å². The summed E-state index contributed by atoms with van der Waals surface area (Å²) in [4.78, 5) is 23.1. The third-order valence-corrected chi connectivity index (χ3v) is 8.01. The number of aromatic nitrogens is 3. The van der Waals surface area contributed by atoms with E-state index in [1.165, 1.54) is 11.1 Å². The Morgan fingerprint density at radius 2 is 1.95 bits per heavy atom. The molecule has 0 aliphatic carbocycles. The van der Waals surface area contributed by atoms with Gasteiger partial charge in [0.25, 0.3) is 5.56 Å². The van der Waals surface area contributed by atoms with E-state index in [0.717, 1.165) is 25.2 Å². The average molecular weight is 534 g/mol. The van der Waals surface area contributed by atoms with E-state index in [2.05, 4.69) is 44.7 Å². The summed E-state index contributed by atoms with van der Waals surface area (Å²) in [7, 11) is -2.42. The lowest BCUT2D eigenvalue weighted by molar-refractivity contribution is 0.685. The fourth-order valence-corrected chi connectivity index (χ4v) is 5.54. The van der Waals surface area contributed by atoms with Crippen LogP contribution < -0.4 is 16.2 Å². The molecule has 3 heterocycles. The highest BCUT2D eigenvalue weighted by molar-refractivity contribution is 7.99. The number of rotatable bonds is 6. The van der Waals surface area contributed by atoms with Crippen LogP contribution >= 0.6 is 11.6 Å². The summed E-state index contributed by atoms with van der Waals surface area (Å²) in [6, 6.07) is 15.0. The molecule has 190 valence electrons. The summed E-state index contributed by atoms with van der Waals surface area (Å²) in [5.74, 6) is 4.12. The van der Waals surface area contributed by atoms with E-state index in [0.29, 0.717) is 44.6 Å². The van der Waals surface area contributed by atoms with Crippen LogP contribution in [0.5, 0.6) is 0 Å². The minimum Gasteiger partial charge on any atom is -0.324 e. The van der Waals surface area contributed by atoms with Gasteiger partial charge in [0.05, 0.1) is 0 Å². The zero-order valence-electron chi connectivity index (χ0n) is 20.8. The maximum Gasteiger partial charge on any atom is 0.260 e. The van der Waals surface area contributed by atoms with Gasteiger partial charge in [-0.25, -0.2) is 4.98 Å². The lowest BCUT2D eigenvalue weighted by atomic mass is 10.0. The molecular formula is C28H28ClN5O2S.